The highest BCUT2D eigenvalue weighted by molar-refractivity contribution is 5.69. The number of hydrogen-bond acceptors (Lipinski definition) is 3. The van der Waals surface area contributed by atoms with Crippen molar-refractivity contribution < 1.29 is 19.4 Å². The van der Waals surface area contributed by atoms with Crippen LogP contribution in [-0.2, 0) is 14.3 Å². The topological polar surface area (TPSA) is 63.6 Å². The van der Waals surface area contributed by atoms with E-state index in [2.05, 4.69) is 13.8 Å². The zero-order chi connectivity index (χ0) is 26.5. The van der Waals surface area contributed by atoms with E-state index >= 15 is 0 Å². The third-order valence-electron chi connectivity index (χ3n) is 7.33. The van der Waals surface area contributed by atoms with Gasteiger partial charge in [0.15, 0.2) is 0 Å². The first-order valence-corrected chi connectivity index (χ1v) is 16.0. The monoisotopic (exact) mass is 510 g/mol. The summed E-state index contributed by atoms with van der Waals surface area (Å²) in [6.45, 7) is 4.47. The Balaban J connectivity index is 3.66. The van der Waals surface area contributed by atoms with Crippen molar-refractivity contribution in [1.29, 1.82) is 0 Å². The van der Waals surface area contributed by atoms with Gasteiger partial charge in [-0.2, -0.15) is 0 Å². The fourth-order valence-electron chi connectivity index (χ4n) is 4.93. The van der Waals surface area contributed by atoms with Gasteiger partial charge in [0.1, 0.15) is 6.10 Å². The quantitative estimate of drug-likeness (QED) is 0.0802. The summed E-state index contributed by atoms with van der Waals surface area (Å²) < 4.78 is 5.87. The van der Waals surface area contributed by atoms with Crippen molar-refractivity contribution in [3.8, 4) is 0 Å². The minimum Gasteiger partial charge on any atom is -0.481 e. The summed E-state index contributed by atoms with van der Waals surface area (Å²) in [4.78, 5) is 22.9. The van der Waals surface area contributed by atoms with Crippen LogP contribution in [0.25, 0.3) is 0 Å². The molecular weight excluding hydrogens is 448 g/mol. The molecule has 0 aromatic heterocycles. The third kappa shape index (κ3) is 27.5. The highest BCUT2D eigenvalue weighted by Gasteiger charge is 2.13. The van der Waals surface area contributed by atoms with Crippen molar-refractivity contribution in [3.05, 3.63) is 0 Å². The third-order valence-corrected chi connectivity index (χ3v) is 7.33. The maximum Gasteiger partial charge on any atom is 0.306 e. The van der Waals surface area contributed by atoms with Gasteiger partial charge in [-0.25, -0.2) is 0 Å². The molecule has 0 saturated heterocycles. The molecule has 4 nitrogen and oxygen atoms in total. The Kier molecular flexibility index (Phi) is 27.7. The molecule has 0 amide bonds. The number of carboxylic acid groups (broad SMARTS) is 1. The summed E-state index contributed by atoms with van der Waals surface area (Å²) in [6, 6.07) is 0. The minimum atomic E-state index is -0.678. The van der Waals surface area contributed by atoms with Crippen LogP contribution in [-0.4, -0.2) is 23.1 Å². The van der Waals surface area contributed by atoms with Crippen LogP contribution in [0.3, 0.4) is 0 Å². The van der Waals surface area contributed by atoms with Crippen LogP contribution in [0, 0.1) is 0 Å². The van der Waals surface area contributed by atoms with Crippen molar-refractivity contribution in [2.45, 2.75) is 193 Å². The molecular formula is C32H62O4. The van der Waals surface area contributed by atoms with E-state index in [9.17, 15) is 9.59 Å². The lowest BCUT2D eigenvalue weighted by Gasteiger charge is -2.18. The molecule has 214 valence electrons. The molecule has 0 radical (unpaired) electrons. The zero-order valence-corrected chi connectivity index (χ0v) is 24.3. The Morgan fingerprint density at radius 1 is 0.500 bits per heavy atom. The Labute approximate surface area is 224 Å². The first-order chi connectivity index (χ1) is 17.6. The molecule has 0 bridgehead atoms. The molecule has 4 heteroatoms. The fraction of sp³-hybridized carbons (Fsp3) is 0.938. The van der Waals surface area contributed by atoms with Gasteiger partial charge in [0, 0.05) is 12.8 Å². The number of hydrogen-bond donors (Lipinski definition) is 1. The van der Waals surface area contributed by atoms with Crippen LogP contribution in [0.2, 0.25) is 0 Å². The van der Waals surface area contributed by atoms with Crippen molar-refractivity contribution in [2.24, 2.45) is 0 Å². The molecule has 0 aromatic carbocycles. The molecule has 0 spiro atoms. The largest absolute Gasteiger partial charge is 0.481 e. The van der Waals surface area contributed by atoms with Gasteiger partial charge in [-0.05, 0) is 32.1 Å². The van der Waals surface area contributed by atoms with E-state index in [1.165, 1.54) is 96.3 Å². The molecule has 1 unspecified atom stereocenters. The van der Waals surface area contributed by atoms with Gasteiger partial charge in [0.05, 0.1) is 0 Å². The molecule has 0 aliphatic rings. The maximum atomic E-state index is 12.4. The van der Waals surface area contributed by atoms with Crippen LogP contribution in [0.1, 0.15) is 187 Å². The molecule has 1 N–H and O–H groups in total. The van der Waals surface area contributed by atoms with Gasteiger partial charge in [-0.3, -0.25) is 9.59 Å². The number of rotatable bonds is 29. The molecule has 0 rings (SSSR count). The van der Waals surface area contributed by atoms with Crippen molar-refractivity contribution in [2.75, 3.05) is 0 Å². The van der Waals surface area contributed by atoms with E-state index in [1.54, 1.807) is 0 Å². The Hall–Kier alpha value is -1.06. The first-order valence-electron chi connectivity index (χ1n) is 16.0. The van der Waals surface area contributed by atoms with Gasteiger partial charge in [0.2, 0.25) is 0 Å². The second-order valence-corrected chi connectivity index (χ2v) is 11.0. The summed E-state index contributed by atoms with van der Waals surface area (Å²) in [5, 5.41) is 8.65. The van der Waals surface area contributed by atoms with Gasteiger partial charge in [-0.15, -0.1) is 0 Å². The molecule has 0 aliphatic carbocycles. The first kappa shape index (κ1) is 34.9. The van der Waals surface area contributed by atoms with Crippen molar-refractivity contribution >= 4 is 11.9 Å². The summed E-state index contributed by atoms with van der Waals surface area (Å²) in [5.74, 6) is -0.659. The Morgan fingerprint density at radius 3 is 1.31 bits per heavy atom. The molecule has 0 fully saturated rings. The zero-order valence-electron chi connectivity index (χ0n) is 24.3. The predicted molar refractivity (Wildman–Crippen MR) is 154 cm³/mol. The highest BCUT2D eigenvalue weighted by atomic mass is 16.5. The smallest absolute Gasteiger partial charge is 0.306 e. The number of carboxylic acids is 1. The number of esters is 1. The summed E-state index contributed by atoms with van der Waals surface area (Å²) in [5.41, 5.74) is 0. The average molecular weight is 511 g/mol. The van der Waals surface area contributed by atoms with E-state index in [4.69, 9.17) is 9.84 Å². The lowest BCUT2D eigenvalue weighted by Crippen LogP contribution is -2.18. The van der Waals surface area contributed by atoms with Crippen molar-refractivity contribution in [3.63, 3.8) is 0 Å². The Bertz CT molecular complexity index is 477. The van der Waals surface area contributed by atoms with E-state index in [0.29, 0.717) is 12.8 Å². The van der Waals surface area contributed by atoms with Gasteiger partial charge < -0.3 is 9.84 Å². The Morgan fingerprint density at radius 2 is 0.861 bits per heavy atom. The number of ether oxygens (including phenoxy) is 1. The maximum absolute atomic E-state index is 12.4. The second kappa shape index (κ2) is 28.5. The van der Waals surface area contributed by atoms with Gasteiger partial charge in [-0.1, -0.05) is 142 Å². The molecule has 36 heavy (non-hydrogen) atoms. The summed E-state index contributed by atoms with van der Waals surface area (Å²) in [7, 11) is 0. The molecule has 0 aromatic rings. The van der Waals surface area contributed by atoms with E-state index in [-0.39, 0.29) is 12.1 Å². The fourth-order valence-corrected chi connectivity index (χ4v) is 4.93. The molecule has 0 heterocycles. The average Bonchev–Trinajstić information content (AvgIpc) is 2.86. The molecule has 0 saturated carbocycles. The standard InChI is InChI=1S/C32H62O4/c1-3-5-7-8-9-10-11-12-16-19-22-25-29-32(35)36-30(26-6-4-2)27-23-20-17-14-13-15-18-21-24-28-31(33)34/h30H,3-29H2,1-2H3,(H,33,34). The second-order valence-electron chi connectivity index (χ2n) is 11.0. The van der Waals surface area contributed by atoms with Crippen molar-refractivity contribution in [1.82, 2.24) is 0 Å². The number of carbonyl (C=O) groups excluding carboxylic acids is 1. The summed E-state index contributed by atoms with van der Waals surface area (Å²) >= 11 is 0. The van der Waals surface area contributed by atoms with Crippen LogP contribution < -0.4 is 0 Å². The van der Waals surface area contributed by atoms with Crippen LogP contribution in [0.15, 0.2) is 0 Å². The SMILES string of the molecule is CCCCCCCCCCCCCCC(=O)OC(CCCC)CCCCCCCCCCCC(=O)O. The number of unbranched alkanes of at least 4 members (excludes halogenated alkanes) is 20. The van der Waals surface area contributed by atoms with Crippen LogP contribution >= 0.6 is 0 Å². The highest BCUT2D eigenvalue weighted by Crippen LogP contribution is 2.18. The van der Waals surface area contributed by atoms with Gasteiger partial charge >= 0.3 is 11.9 Å². The molecule has 1 atom stereocenters. The predicted octanol–water partition coefficient (Wildman–Crippen LogP) is 10.6. The van der Waals surface area contributed by atoms with Crippen LogP contribution in [0.5, 0.6) is 0 Å². The lowest BCUT2D eigenvalue weighted by molar-refractivity contribution is -0.150. The van der Waals surface area contributed by atoms with E-state index in [1.807, 2.05) is 0 Å². The normalized spacial score (nSPS) is 12.1. The summed E-state index contributed by atoms with van der Waals surface area (Å²) in [6.07, 6.45) is 31.5. The number of carbonyl (C=O) groups is 2. The van der Waals surface area contributed by atoms with Crippen LogP contribution in [0.4, 0.5) is 0 Å². The van der Waals surface area contributed by atoms with E-state index < -0.39 is 5.97 Å². The van der Waals surface area contributed by atoms with Gasteiger partial charge in [0.25, 0.3) is 0 Å². The molecule has 0 aliphatic heterocycles. The lowest BCUT2D eigenvalue weighted by atomic mass is 10.0. The minimum absolute atomic E-state index is 0.0195. The van der Waals surface area contributed by atoms with E-state index in [0.717, 1.165) is 64.2 Å². The number of aliphatic carboxylic acids is 1.